The predicted molar refractivity (Wildman–Crippen MR) is 73.4 cm³/mol. The molecule has 7 heteroatoms. The fraction of sp³-hybridized carbons (Fsp3) is 0.154. The van der Waals surface area contributed by atoms with E-state index in [1.165, 1.54) is 10.7 Å². The molecule has 0 saturated carbocycles. The summed E-state index contributed by atoms with van der Waals surface area (Å²) in [4.78, 5) is 22.4. The van der Waals surface area contributed by atoms with Crippen molar-refractivity contribution in [3.05, 3.63) is 35.7 Å². The third-order valence-corrected chi connectivity index (χ3v) is 3.24. The zero-order valence-electron chi connectivity index (χ0n) is 10.6. The van der Waals surface area contributed by atoms with Crippen molar-refractivity contribution in [2.24, 2.45) is 5.73 Å². The Morgan fingerprint density at radius 1 is 1.35 bits per heavy atom. The van der Waals surface area contributed by atoms with Gasteiger partial charge in [0.05, 0.1) is 11.4 Å². The molecule has 0 radical (unpaired) electrons. The Bertz CT molecular complexity index is 720. The van der Waals surface area contributed by atoms with Crippen molar-refractivity contribution >= 4 is 23.2 Å². The number of nitrogens with two attached hydrogens (primary N) is 2. The number of primary amides is 1. The van der Waals surface area contributed by atoms with Crippen LogP contribution in [0.2, 0.25) is 0 Å². The maximum absolute atomic E-state index is 11.3. The molecule has 0 aliphatic carbocycles. The summed E-state index contributed by atoms with van der Waals surface area (Å²) in [5, 5.41) is 6.86. The van der Waals surface area contributed by atoms with E-state index in [2.05, 4.69) is 10.4 Å². The number of amides is 2. The monoisotopic (exact) mass is 271 g/mol. The van der Waals surface area contributed by atoms with Crippen LogP contribution in [0.3, 0.4) is 0 Å². The van der Waals surface area contributed by atoms with Crippen LogP contribution in [0.5, 0.6) is 0 Å². The number of fused-ring (bicyclic) bond motifs is 1. The Hall–Kier alpha value is -2.83. The average Bonchev–Trinajstić information content (AvgIpc) is 2.87. The first-order chi connectivity index (χ1) is 9.54. The molecule has 3 rings (SSSR count). The molecule has 20 heavy (non-hydrogen) atoms. The molecule has 1 aromatic heterocycles. The third-order valence-electron chi connectivity index (χ3n) is 3.24. The summed E-state index contributed by atoms with van der Waals surface area (Å²) in [6, 6.07) is 5.10. The molecule has 1 aliphatic heterocycles. The zero-order chi connectivity index (χ0) is 14.3. The Morgan fingerprint density at radius 3 is 2.85 bits per heavy atom. The lowest BCUT2D eigenvalue weighted by Crippen LogP contribution is -2.19. The maximum atomic E-state index is 11.3. The van der Waals surface area contributed by atoms with Gasteiger partial charge in [-0.25, -0.2) is 4.68 Å². The summed E-state index contributed by atoms with van der Waals surface area (Å²) in [5.41, 5.74) is 14.2. The topological polar surface area (TPSA) is 116 Å². The highest BCUT2D eigenvalue weighted by atomic mass is 16.2. The number of benzene rings is 1. The van der Waals surface area contributed by atoms with E-state index < -0.39 is 5.91 Å². The molecule has 1 aliphatic rings. The van der Waals surface area contributed by atoms with E-state index >= 15 is 0 Å². The summed E-state index contributed by atoms with van der Waals surface area (Å²) in [5.74, 6) is -0.604. The van der Waals surface area contributed by atoms with Crippen LogP contribution < -0.4 is 16.8 Å². The standard InChI is InChI=1S/C13H13N5O2/c14-8-6-10-7(1-2-12(19)16-10)5-11(8)18-4-3-9(17-18)13(15)20/h3-6H,1-2,14H2,(H2,15,20)(H,16,19). The van der Waals surface area contributed by atoms with Crippen molar-refractivity contribution < 1.29 is 9.59 Å². The average molecular weight is 271 g/mol. The third kappa shape index (κ3) is 1.99. The lowest BCUT2D eigenvalue weighted by molar-refractivity contribution is -0.116. The SMILES string of the molecule is NC(=O)c1ccn(-c2cc3c(cc2N)NC(=O)CC3)n1. The Labute approximate surface area is 114 Å². The lowest BCUT2D eigenvalue weighted by atomic mass is 10.0. The van der Waals surface area contributed by atoms with Gasteiger partial charge < -0.3 is 16.8 Å². The largest absolute Gasteiger partial charge is 0.397 e. The van der Waals surface area contributed by atoms with E-state index in [4.69, 9.17) is 11.5 Å². The maximum Gasteiger partial charge on any atom is 0.269 e. The number of hydrogen-bond acceptors (Lipinski definition) is 4. The van der Waals surface area contributed by atoms with Gasteiger partial charge >= 0.3 is 0 Å². The molecule has 2 aromatic rings. The first-order valence-corrected chi connectivity index (χ1v) is 6.12. The van der Waals surface area contributed by atoms with E-state index in [0.29, 0.717) is 24.2 Å². The van der Waals surface area contributed by atoms with Gasteiger partial charge in [-0.1, -0.05) is 0 Å². The van der Waals surface area contributed by atoms with E-state index in [-0.39, 0.29) is 11.6 Å². The molecular weight excluding hydrogens is 258 g/mol. The smallest absolute Gasteiger partial charge is 0.269 e. The van der Waals surface area contributed by atoms with E-state index in [9.17, 15) is 9.59 Å². The fourth-order valence-corrected chi connectivity index (χ4v) is 2.22. The van der Waals surface area contributed by atoms with Gasteiger partial charge in [-0.15, -0.1) is 0 Å². The number of nitrogen functional groups attached to an aromatic ring is 1. The lowest BCUT2D eigenvalue weighted by Gasteiger charge is -2.19. The van der Waals surface area contributed by atoms with Gasteiger partial charge in [0.25, 0.3) is 5.91 Å². The molecule has 1 aromatic carbocycles. The Balaban J connectivity index is 2.05. The van der Waals surface area contributed by atoms with Crippen molar-refractivity contribution in [1.82, 2.24) is 9.78 Å². The molecule has 0 fully saturated rings. The van der Waals surface area contributed by atoms with Crippen LogP contribution in [-0.2, 0) is 11.2 Å². The number of carbonyl (C=O) groups is 2. The minimum atomic E-state index is -0.590. The molecule has 5 N–H and O–H groups in total. The van der Waals surface area contributed by atoms with Crippen LogP contribution >= 0.6 is 0 Å². The fourth-order valence-electron chi connectivity index (χ4n) is 2.22. The van der Waals surface area contributed by atoms with Crippen molar-refractivity contribution in [3.63, 3.8) is 0 Å². The number of carbonyl (C=O) groups excluding carboxylic acids is 2. The molecule has 0 bridgehead atoms. The van der Waals surface area contributed by atoms with Crippen LogP contribution in [0, 0.1) is 0 Å². The summed E-state index contributed by atoms with van der Waals surface area (Å²) in [7, 11) is 0. The first kappa shape index (κ1) is 12.2. The van der Waals surface area contributed by atoms with Gasteiger partial charge in [0.15, 0.2) is 0 Å². The summed E-state index contributed by atoms with van der Waals surface area (Å²) < 4.78 is 1.51. The number of anilines is 2. The van der Waals surface area contributed by atoms with Crippen molar-refractivity contribution in [2.45, 2.75) is 12.8 Å². The summed E-state index contributed by atoms with van der Waals surface area (Å²) >= 11 is 0. The summed E-state index contributed by atoms with van der Waals surface area (Å²) in [6.07, 6.45) is 2.72. The van der Waals surface area contributed by atoms with Crippen molar-refractivity contribution in [3.8, 4) is 5.69 Å². The van der Waals surface area contributed by atoms with Crippen LogP contribution in [0.25, 0.3) is 5.69 Å². The molecule has 7 nitrogen and oxygen atoms in total. The molecule has 2 heterocycles. The highest BCUT2D eigenvalue weighted by molar-refractivity contribution is 5.95. The predicted octanol–water partition coefficient (Wildman–Crippen LogP) is 0.438. The molecule has 0 atom stereocenters. The second-order valence-electron chi connectivity index (χ2n) is 4.63. The highest BCUT2D eigenvalue weighted by Crippen LogP contribution is 2.29. The van der Waals surface area contributed by atoms with E-state index in [0.717, 1.165) is 11.3 Å². The number of hydrogen-bond donors (Lipinski definition) is 3. The van der Waals surface area contributed by atoms with Gasteiger partial charge in [-0.2, -0.15) is 5.10 Å². The molecule has 102 valence electrons. The van der Waals surface area contributed by atoms with Crippen molar-refractivity contribution in [2.75, 3.05) is 11.1 Å². The van der Waals surface area contributed by atoms with Crippen LogP contribution in [-0.4, -0.2) is 21.6 Å². The minimum Gasteiger partial charge on any atom is -0.397 e. The molecule has 2 amide bonds. The highest BCUT2D eigenvalue weighted by Gasteiger charge is 2.18. The molecule has 0 saturated heterocycles. The van der Waals surface area contributed by atoms with Crippen LogP contribution in [0.1, 0.15) is 22.5 Å². The second-order valence-corrected chi connectivity index (χ2v) is 4.63. The molecule has 0 spiro atoms. The van der Waals surface area contributed by atoms with Crippen LogP contribution in [0.15, 0.2) is 24.4 Å². The van der Waals surface area contributed by atoms with Crippen molar-refractivity contribution in [1.29, 1.82) is 0 Å². The van der Waals surface area contributed by atoms with E-state index in [1.807, 2.05) is 6.07 Å². The summed E-state index contributed by atoms with van der Waals surface area (Å²) in [6.45, 7) is 0. The zero-order valence-corrected chi connectivity index (χ0v) is 10.6. The number of nitrogens with zero attached hydrogens (tertiary/aromatic N) is 2. The second kappa shape index (κ2) is 4.37. The van der Waals surface area contributed by atoms with Gasteiger partial charge in [0.1, 0.15) is 5.69 Å². The van der Waals surface area contributed by atoms with Gasteiger partial charge in [0, 0.05) is 18.3 Å². The van der Waals surface area contributed by atoms with Crippen LogP contribution in [0.4, 0.5) is 11.4 Å². The Morgan fingerprint density at radius 2 is 2.15 bits per heavy atom. The normalized spacial score (nSPS) is 13.7. The number of nitrogens with one attached hydrogen (secondary N) is 1. The number of aryl methyl sites for hydroxylation is 1. The number of rotatable bonds is 2. The molecule has 0 unspecified atom stereocenters. The minimum absolute atomic E-state index is 0.0141. The van der Waals surface area contributed by atoms with Gasteiger partial charge in [0.2, 0.25) is 5.91 Å². The Kier molecular flexibility index (Phi) is 2.67. The van der Waals surface area contributed by atoms with Gasteiger partial charge in [-0.3, -0.25) is 9.59 Å². The molecular formula is C13H13N5O2. The number of aromatic nitrogens is 2. The van der Waals surface area contributed by atoms with Gasteiger partial charge in [-0.05, 0) is 30.2 Å². The van der Waals surface area contributed by atoms with E-state index in [1.54, 1.807) is 12.3 Å². The first-order valence-electron chi connectivity index (χ1n) is 6.12. The quantitative estimate of drug-likeness (QED) is 0.687.